The number of aliphatic imine (C=N–C) groups is 2. The quantitative estimate of drug-likeness (QED) is 0.640. The van der Waals surface area contributed by atoms with E-state index in [2.05, 4.69) is 23.6 Å². The third-order valence-electron chi connectivity index (χ3n) is 1.98. The minimum absolute atomic E-state index is 0.850. The Hall–Kier alpha value is -1.44. The number of nitrogens with zero attached hydrogens (tertiary/aromatic N) is 2. The van der Waals surface area contributed by atoms with Crippen molar-refractivity contribution in [3.8, 4) is 0 Å². The molecule has 0 unspecified atom stereocenters. The first-order chi connectivity index (χ1) is 6.77. The van der Waals surface area contributed by atoms with Gasteiger partial charge >= 0.3 is 0 Å². The maximum Gasteiger partial charge on any atom is 0.0885 e. The van der Waals surface area contributed by atoms with Gasteiger partial charge in [-0.1, -0.05) is 25.5 Å². The predicted molar refractivity (Wildman–Crippen MR) is 63.3 cm³/mol. The van der Waals surface area contributed by atoms with E-state index >= 15 is 0 Å². The van der Waals surface area contributed by atoms with Crippen LogP contribution in [0.15, 0.2) is 34.3 Å². The van der Waals surface area contributed by atoms with Crippen LogP contribution < -0.4 is 0 Å². The van der Waals surface area contributed by atoms with Crippen molar-refractivity contribution >= 4 is 23.8 Å². The largest absolute Gasteiger partial charge is 0.262 e. The fourth-order valence-electron chi connectivity index (χ4n) is 1.32. The number of rotatable bonds is 4. The van der Waals surface area contributed by atoms with Crippen LogP contribution in [0, 0.1) is 0 Å². The highest BCUT2D eigenvalue weighted by atomic mass is 14.8. The first-order valence-corrected chi connectivity index (χ1v) is 4.88. The smallest absolute Gasteiger partial charge is 0.0885 e. The summed E-state index contributed by atoms with van der Waals surface area (Å²) in [6.45, 7) is 7.72. The maximum atomic E-state index is 4.50. The monoisotopic (exact) mass is 188 g/mol. The van der Waals surface area contributed by atoms with Gasteiger partial charge in [0.15, 0.2) is 0 Å². The van der Waals surface area contributed by atoms with Gasteiger partial charge in [0.25, 0.3) is 0 Å². The Labute approximate surface area is 85.4 Å². The molecular weight excluding hydrogens is 172 g/mol. The third kappa shape index (κ3) is 2.80. The van der Waals surface area contributed by atoms with Gasteiger partial charge in [-0.25, -0.2) is 0 Å². The summed E-state index contributed by atoms with van der Waals surface area (Å²) in [7, 11) is 0. The first-order valence-electron chi connectivity index (χ1n) is 4.88. The SMILES string of the molecule is C=Nc1ccccc1N=C(C)CCC. The van der Waals surface area contributed by atoms with Gasteiger partial charge in [0.2, 0.25) is 0 Å². The molecule has 0 aliphatic rings. The molecule has 0 aromatic heterocycles. The minimum atomic E-state index is 0.850. The van der Waals surface area contributed by atoms with Gasteiger partial charge in [-0.15, -0.1) is 0 Å². The molecule has 0 aliphatic carbocycles. The summed E-state index contributed by atoms with van der Waals surface area (Å²) in [6.07, 6.45) is 2.16. The fourth-order valence-corrected chi connectivity index (χ4v) is 1.32. The molecule has 1 aromatic carbocycles. The Morgan fingerprint density at radius 1 is 1.29 bits per heavy atom. The van der Waals surface area contributed by atoms with E-state index in [1.807, 2.05) is 31.2 Å². The molecule has 0 saturated heterocycles. The summed E-state index contributed by atoms with van der Waals surface area (Å²) >= 11 is 0. The van der Waals surface area contributed by atoms with E-state index in [0.717, 1.165) is 29.9 Å². The van der Waals surface area contributed by atoms with Gasteiger partial charge in [0, 0.05) is 5.71 Å². The van der Waals surface area contributed by atoms with Gasteiger partial charge in [0.05, 0.1) is 11.4 Å². The maximum absolute atomic E-state index is 4.50. The van der Waals surface area contributed by atoms with Crippen LogP contribution >= 0.6 is 0 Å². The van der Waals surface area contributed by atoms with Crippen LogP contribution in [-0.2, 0) is 0 Å². The second-order valence-electron chi connectivity index (χ2n) is 3.24. The van der Waals surface area contributed by atoms with E-state index in [4.69, 9.17) is 0 Å². The lowest BCUT2D eigenvalue weighted by Crippen LogP contribution is -1.88. The zero-order valence-corrected chi connectivity index (χ0v) is 8.83. The molecule has 0 fully saturated rings. The average Bonchev–Trinajstić information content (AvgIpc) is 2.19. The van der Waals surface area contributed by atoms with E-state index in [1.165, 1.54) is 0 Å². The normalized spacial score (nSPS) is 11.4. The molecular formula is C12H16N2. The lowest BCUT2D eigenvalue weighted by Gasteiger charge is -2.01. The molecule has 1 aromatic rings. The average molecular weight is 188 g/mol. The lowest BCUT2D eigenvalue weighted by atomic mass is 10.2. The summed E-state index contributed by atoms with van der Waals surface area (Å²) < 4.78 is 0. The Bertz CT molecular complexity index is 340. The van der Waals surface area contributed by atoms with Crippen LogP contribution in [0.25, 0.3) is 0 Å². The Balaban J connectivity index is 2.95. The van der Waals surface area contributed by atoms with Crippen molar-refractivity contribution in [2.75, 3.05) is 0 Å². The van der Waals surface area contributed by atoms with Crippen molar-refractivity contribution in [1.82, 2.24) is 0 Å². The number of hydrogen-bond donors (Lipinski definition) is 0. The van der Waals surface area contributed by atoms with E-state index < -0.39 is 0 Å². The van der Waals surface area contributed by atoms with Crippen molar-refractivity contribution in [2.45, 2.75) is 26.7 Å². The zero-order chi connectivity index (χ0) is 10.4. The van der Waals surface area contributed by atoms with Crippen LogP contribution in [0.5, 0.6) is 0 Å². The minimum Gasteiger partial charge on any atom is -0.262 e. The van der Waals surface area contributed by atoms with Crippen molar-refractivity contribution in [3.05, 3.63) is 24.3 Å². The molecule has 0 heterocycles. The molecule has 0 aliphatic heterocycles. The van der Waals surface area contributed by atoms with E-state index in [-0.39, 0.29) is 0 Å². The standard InChI is InChI=1S/C12H16N2/c1-4-7-10(2)14-12-9-6-5-8-11(12)13-3/h5-6,8-9H,3-4,7H2,1-2H3. The molecule has 1 rings (SSSR count). The molecule has 14 heavy (non-hydrogen) atoms. The van der Waals surface area contributed by atoms with Gasteiger partial charge in [0.1, 0.15) is 0 Å². The number of benzene rings is 1. The molecule has 0 radical (unpaired) electrons. The fraction of sp³-hybridized carbons (Fsp3) is 0.333. The van der Waals surface area contributed by atoms with Crippen molar-refractivity contribution in [2.24, 2.45) is 9.98 Å². The van der Waals surface area contributed by atoms with E-state index in [9.17, 15) is 0 Å². The molecule has 0 spiro atoms. The molecule has 0 N–H and O–H groups in total. The summed E-state index contributed by atoms with van der Waals surface area (Å²) in [4.78, 5) is 8.43. The molecule has 0 bridgehead atoms. The summed E-state index contributed by atoms with van der Waals surface area (Å²) in [6, 6.07) is 7.79. The van der Waals surface area contributed by atoms with Crippen molar-refractivity contribution < 1.29 is 0 Å². The second-order valence-corrected chi connectivity index (χ2v) is 3.24. The van der Waals surface area contributed by atoms with E-state index in [1.54, 1.807) is 0 Å². The summed E-state index contributed by atoms with van der Waals surface area (Å²) in [5, 5.41) is 0. The number of para-hydroxylation sites is 2. The summed E-state index contributed by atoms with van der Waals surface area (Å²) in [5.41, 5.74) is 2.90. The van der Waals surface area contributed by atoms with Gasteiger partial charge < -0.3 is 0 Å². The highest BCUT2D eigenvalue weighted by molar-refractivity contribution is 5.86. The van der Waals surface area contributed by atoms with Crippen molar-refractivity contribution in [3.63, 3.8) is 0 Å². The Morgan fingerprint density at radius 2 is 1.93 bits per heavy atom. The summed E-state index contributed by atoms with van der Waals surface area (Å²) in [5.74, 6) is 0. The van der Waals surface area contributed by atoms with Gasteiger partial charge in [-0.05, 0) is 32.2 Å². The van der Waals surface area contributed by atoms with E-state index in [0.29, 0.717) is 0 Å². The van der Waals surface area contributed by atoms with Crippen LogP contribution in [0.2, 0.25) is 0 Å². The topological polar surface area (TPSA) is 24.7 Å². The van der Waals surface area contributed by atoms with Crippen LogP contribution in [-0.4, -0.2) is 12.4 Å². The van der Waals surface area contributed by atoms with Crippen molar-refractivity contribution in [1.29, 1.82) is 0 Å². The highest BCUT2D eigenvalue weighted by Gasteiger charge is 1.97. The molecule has 2 heteroatoms. The predicted octanol–water partition coefficient (Wildman–Crippen LogP) is 3.91. The zero-order valence-electron chi connectivity index (χ0n) is 8.83. The third-order valence-corrected chi connectivity index (χ3v) is 1.98. The second kappa shape index (κ2) is 5.32. The van der Waals surface area contributed by atoms with Crippen LogP contribution in [0.3, 0.4) is 0 Å². The highest BCUT2D eigenvalue weighted by Crippen LogP contribution is 2.26. The molecule has 2 nitrogen and oxygen atoms in total. The van der Waals surface area contributed by atoms with Crippen LogP contribution in [0.1, 0.15) is 26.7 Å². The molecule has 0 amide bonds. The Kier molecular flexibility index (Phi) is 4.05. The Morgan fingerprint density at radius 3 is 2.50 bits per heavy atom. The molecule has 0 atom stereocenters. The molecule has 0 saturated carbocycles. The number of hydrogen-bond acceptors (Lipinski definition) is 2. The van der Waals surface area contributed by atoms with Gasteiger partial charge in [-0.3, -0.25) is 9.98 Å². The lowest BCUT2D eigenvalue weighted by molar-refractivity contribution is 0.988. The first kappa shape index (κ1) is 10.6. The van der Waals surface area contributed by atoms with Gasteiger partial charge in [-0.2, -0.15) is 0 Å². The molecule has 74 valence electrons. The van der Waals surface area contributed by atoms with Crippen LogP contribution in [0.4, 0.5) is 11.4 Å².